The van der Waals surface area contributed by atoms with Crippen molar-refractivity contribution in [1.29, 1.82) is 0 Å². The molecule has 0 saturated carbocycles. The topological polar surface area (TPSA) is 50.7 Å². The van der Waals surface area contributed by atoms with Crippen molar-refractivity contribution in [1.82, 2.24) is 0 Å². The summed E-state index contributed by atoms with van der Waals surface area (Å²) in [7, 11) is -3.00. The molecule has 1 N–H and O–H groups in total. The quantitative estimate of drug-likeness (QED) is 0.663. The molecule has 0 saturated heterocycles. The molecule has 1 heterocycles. The molecule has 3 rings (SSSR count). The molecule has 1 aliphatic heterocycles. The molecule has 0 aliphatic carbocycles. The van der Waals surface area contributed by atoms with E-state index in [0.29, 0.717) is 22.5 Å². The lowest BCUT2D eigenvalue weighted by molar-refractivity contribution is -0.115. The Morgan fingerprint density at radius 1 is 1.16 bits per heavy atom. The average molecular weight is 340 g/mol. The molecular formula is C18H15BF2N2O2. The molecule has 0 aromatic heterocycles. The van der Waals surface area contributed by atoms with Crippen molar-refractivity contribution in [3.63, 3.8) is 0 Å². The molecule has 1 amide bonds. The standard InChI is InChI=1S/C18H15BF2N2O2/c1-12-6-8-14(9-7-12)22-11-13-10-17(24)23-16-5-3-2-4-15(16)18(13)25-19(20)21/h2-9,11H,10H2,1H3,(H,23,24). The van der Waals surface area contributed by atoms with Crippen molar-refractivity contribution in [2.75, 3.05) is 5.32 Å². The number of amides is 1. The van der Waals surface area contributed by atoms with Crippen molar-refractivity contribution >= 4 is 36.7 Å². The van der Waals surface area contributed by atoms with E-state index in [1.807, 2.05) is 31.2 Å². The number of aryl methyl sites for hydroxylation is 1. The summed E-state index contributed by atoms with van der Waals surface area (Å²) in [6.45, 7) is 1.96. The molecule has 0 radical (unpaired) electrons. The zero-order chi connectivity index (χ0) is 17.8. The summed E-state index contributed by atoms with van der Waals surface area (Å²) >= 11 is 0. The second-order valence-corrected chi connectivity index (χ2v) is 5.60. The number of para-hydroxylation sites is 1. The number of hydrogen-bond acceptors (Lipinski definition) is 3. The number of benzene rings is 2. The van der Waals surface area contributed by atoms with Crippen LogP contribution in [0.5, 0.6) is 0 Å². The number of nitrogens with zero attached hydrogens (tertiary/aromatic N) is 1. The van der Waals surface area contributed by atoms with Crippen molar-refractivity contribution < 1.29 is 18.1 Å². The number of carbonyl (C=O) groups excluding carboxylic acids is 1. The van der Waals surface area contributed by atoms with Crippen LogP contribution in [0.1, 0.15) is 17.5 Å². The number of hydrogen-bond donors (Lipinski definition) is 1. The Hall–Kier alpha value is -2.96. The van der Waals surface area contributed by atoms with E-state index in [0.717, 1.165) is 5.56 Å². The largest absolute Gasteiger partial charge is 0.796 e. The van der Waals surface area contributed by atoms with Gasteiger partial charge in [0.25, 0.3) is 0 Å². The van der Waals surface area contributed by atoms with E-state index in [9.17, 15) is 13.4 Å². The summed E-state index contributed by atoms with van der Waals surface area (Å²) in [5.41, 5.74) is 2.87. The Bertz CT molecular complexity index is 848. The van der Waals surface area contributed by atoms with Gasteiger partial charge < -0.3 is 9.97 Å². The number of aliphatic imine (C=N–C) groups is 1. The highest BCUT2D eigenvalue weighted by Crippen LogP contribution is 2.32. The maximum Gasteiger partial charge on any atom is 0.796 e. The van der Waals surface area contributed by atoms with Gasteiger partial charge in [-0.05, 0) is 31.2 Å². The Morgan fingerprint density at radius 3 is 2.60 bits per heavy atom. The van der Waals surface area contributed by atoms with Gasteiger partial charge in [0.05, 0.1) is 17.8 Å². The monoisotopic (exact) mass is 340 g/mol. The zero-order valence-electron chi connectivity index (χ0n) is 13.5. The predicted octanol–water partition coefficient (Wildman–Crippen LogP) is 4.39. The number of fused-ring (bicyclic) bond motifs is 1. The Kier molecular flexibility index (Phi) is 4.93. The second-order valence-electron chi connectivity index (χ2n) is 5.60. The normalized spacial score (nSPS) is 14.1. The van der Waals surface area contributed by atoms with Crippen LogP contribution in [0.25, 0.3) is 5.76 Å². The van der Waals surface area contributed by atoms with Crippen LogP contribution in [0.3, 0.4) is 0 Å². The third-order valence-electron chi connectivity index (χ3n) is 3.70. The molecule has 2 aromatic rings. The van der Waals surface area contributed by atoms with Gasteiger partial charge >= 0.3 is 7.47 Å². The molecule has 0 bridgehead atoms. The molecule has 1 aliphatic rings. The van der Waals surface area contributed by atoms with E-state index in [1.165, 1.54) is 6.21 Å². The van der Waals surface area contributed by atoms with E-state index >= 15 is 0 Å². The third kappa shape index (κ3) is 4.12. The van der Waals surface area contributed by atoms with Gasteiger partial charge in [0.15, 0.2) is 0 Å². The fourth-order valence-electron chi connectivity index (χ4n) is 2.53. The minimum atomic E-state index is -3.00. The second kappa shape index (κ2) is 7.30. The Morgan fingerprint density at radius 2 is 1.88 bits per heavy atom. The van der Waals surface area contributed by atoms with Crippen LogP contribution in [-0.2, 0) is 9.45 Å². The fourth-order valence-corrected chi connectivity index (χ4v) is 2.53. The minimum Gasteiger partial charge on any atom is -0.504 e. The molecule has 7 heteroatoms. The van der Waals surface area contributed by atoms with Crippen LogP contribution in [-0.4, -0.2) is 19.6 Å². The third-order valence-corrected chi connectivity index (χ3v) is 3.70. The van der Waals surface area contributed by atoms with Crippen LogP contribution in [0.15, 0.2) is 59.1 Å². The van der Waals surface area contributed by atoms with E-state index in [-0.39, 0.29) is 18.1 Å². The number of halogens is 2. The van der Waals surface area contributed by atoms with Crippen molar-refractivity contribution in [3.8, 4) is 0 Å². The molecule has 126 valence electrons. The maximum atomic E-state index is 12.9. The number of carbonyl (C=O) groups is 1. The molecule has 2 aromatic carbocycles. The van der Waals surface area contributed by atoms with E-state index < -0.39 is 7.47 Å². The number of nitrogens with one attached hydrogen (secondary N) is 1. The first-order valence-corrected chi connectivity index (χ1v) is 7.71. The smallest absolute Gasteiger partial charge is 0.504 e. The van der Waals surface area contributed by atoms with Crippen molar-refractivity contribution in [3.05, 3.63) is 65.2 Å². The Balaban J connectivity index is 2.05. The van der Waals surface area contributed by atoms with E-state index in [1.54, 1.807) is 24.3 Å². The highest BCUT2D eigenvalue weighted by atomic mass is 19.2. The fraction of sp³-hybridized carbons (Fsp3) is 0.111. The summed E-state index contributed by atoms with van der Waals surface area (Å²) in [4.78, 5) is 16.4. The molecule has 0 fully saturated rings. The van der Waals surface area contributed by atoms with Gasteiger partial charge in [0.2, 0.25) is 5.91 Å². The van der Waals surface area contributed by atoms with Crippen LogP contribution in [0, 0.1) is 6.92 Å². The summed E-state index contributed by atoms with van der Waals surface area (Å²) in [6, 6.07) is 14.1. The minimum absolute atomic E-state index is 0.0418. The van der Waals surface area contributed by atoms with Crippen molar-refractivity contribution in [2.24, 2.45) is 4.99 Å². The van der Waals surface area contributed by atoms with Crippen LogP contribution < -0.4 is 5.32 Å². The maximum absolute atomic E-state index is 12.9. The first kappa shape index (κ1) is 16.9. The lowest BCUT2D eigenvalue weighted by atomic mass is 10.1. The lowest BCUT2D eigenvalue weighted by Crippen LogP contribution is -2.11. The summed E-state index contributed by atoms with van der Waals surface area (Å²) in [6.07, 6.45) is 1.30. The van der Waals surface area contributed by atoms with Gasteiger partial charge in [-0.1, -0.05) is 29.8 Å². The summed E-state index contributed by atoms with van der Waals surface area (Å²) in [5, 5.41) is 2.69. The average Bonchev–Trinajstić information content (AvgIpc) is 2.71. The van der Waals surface area contributed by atoms with Crippen LogP contribution in [0.2, 0.25) is 0 Å². The van der Waals surface area contributed by atoms with Crippen molar-refractivity contribution in [2.45, 2.75) is 13.3 Å². The molecule has 0 atom stereocenters. The molecule has 4 nitrogen and oxygen atoms in total. The molecule has 0 unspecified atom stereocenters. The van der Waals surface area contributed by atoms with Crippen LogP contribution in [0.4, 0.5) is 20.0 Å². The van der Waals surface area contributed by atoms with Gasteiger partial charge in [-0.2, -0.15) is 0 Å². The summed E-state index contributed by atoms with van der Waals surface area (Å²) < 4.78 is 30.6. The molecule has 0 spiro atoms. The number of anilines is 1. The first-order chi connectivity index (χ1) is 12.0. The van der Waals surface area contributed by atoms with Crippen LogP contribution >= 0.6 is 0 Å². The number of rotatable bonds is 4. The van der Waals surface area contributed by atoms with E-state index in [2.05, 4.69) is 10.3 Å². The van der Waals surface area contributed by atoms with E-state index in [4.69, 9.17) is 4.65 Å². The SMILES string of the molecule is Cc1ccc(N=CC2=C(OB(F)F)c3ccccc3NC(=O)C2)cc1. The Labute approximate surface area is 144 Å². The lowest BCUT2D eigenvalue weighted by Gasteiger charge is -2.12. The molecular weight excluding hydrogens is 325 g/mol. The van der Waals surface area contributed by atoms with Gasteiger partial charge in [-0.3, -0.25) is 9.79 Å². The predicted molar refractivity (Wildman–Crippen MR) is 95.0 cm³/mol. The zero-order valence-corrected chi connectivity index (χ0v) is 13.5. The van der Waals surface area contributed by atoms with Gasteiger partial charge in [-0.15, -0.1) is 0 Å². The van der Waals surface area contributed by atoms with Gasteiger partial charge in [0, 0.05) is 17.4 Å². The first-order valence-electron chi connectivity index (χ1n) is 7.71. The highest BCUT2D eigenvalue weighted by molar-refractivity contribution is 6.36. The van der Waals surface area contributed by atoms with Gasteiger partial charge in [-0.25, -0.2) is 8.63 Å². The van der Waals surface area contributed by atoms with Gasteiger partial charge in [0.1, 0.15) is 5.76 Å². The highest BCUT2D eigenvalue weighted by Gasteiger charge is 2.27. The summed E-state index contributed by atoms with van der Waals surface area (Å²) in [5.74, 6) is -0.356. The molecule has 25 heavy (non-hydrogen) atoms.